The minimum absolute atomic E-state index is 0.128. The molecule has 1 saturated carbocycles. The Labute approximate surface area is 124 Å². The molecule has 1 aliphatic carbocycles. The Balaban J connectivity index is 1.64. The van der Waals surface area contributed by atoms with Gasteiger partial charge in [0.25, 0.3) is 0 Å². The maximum absolute atomic E-state index is 11.6. The van der Waals surface area contributed by atoms with Crippen LogP contribution in [0.3, 0.4) is 0 Å². The maximum atomic E-state index is 11.6. The van der Waals surface area contributed by atoms with Crippen molar-refractivity contribution >= 4 is 17.6 Å². The molecular formula is C16H21N3O2. The van der Waals surface area contributed by atoms with Crippen molar-refractivity contribution in [1.82, 2.24) is 10.2 Å². The average Bonchev–Trinajstić information content (AvgIpc) is 2.78. The van der Waals surface area contributed by atoms with Gasteiger partial charge < -0.3 is 10.2 Å². The van der Waals surface area contributed by atoms with E-state index < -0.39 is 0 Å². The summed E-state index contributed by atoms with van der Waals surface area (Å²) in [5, 5.41) is 2.56. The fraction of sp³-hybridized carbons (Fsp3) is 0.500. The molecule has 0 spiro atoms. The van der Waals surface area contributed by atoms with E-state index in [1.165, 1.54) is 24.2 Å². The first-order valence-corrected chi connectivity index (χ1v) is 7.62. The van der Waals surface area contributed by atoms with Crippen LogP contribution in [0.15, 0.2) is 30.3 Å². The number of nitrogens with zero attached hydrogens (tertiary/aromatic N) is 2. The van der Waals surface area contributed by atoms with E-state index in [9.17, 15) is 9.59 Å². The van der Waals surface area contributed by atoms with Crippen molar-refractivity contribution in [2.45, 2.75) is 19.3 Å². The van der Waals surface area contributed by atoms with Crippen molar-refractivity contribution in [3.8, 4) is 0 Å². The van der Waals surface area contributed by atoms with Crippen LogP contribution < -0.4 is 10.2 Å². The summed E-state index contributed by atoms with van der Waals surface area (Å²) >= 11 is 0. The van der Waals surface area contributed by atoms with Gasteiger partial charge in [0.15, 0.2) is 0 Å². The number of nitrogens with one attached hydrogen (secondary N) is 1. The topological polar surface area (TPSA) is 52.7 Å². The lowest BCUT2D eigenvalue weighted by molar-refractivity contribution is -0.124. The molecule has 1 aromatic rings. The lowest BCUT2D eigenvalue weighted by atomic mass is 9.85. The Kier molecular flexibility index (Phi) is 4.08. The van der Waals surface area contributed by atoms with E-state index in [0.29, 0.717) is 13.1 Å². The molecule has 0 unspecified atom stereocenters. The summed E-state index contributed by atoms with van der Waals surface area (Å²) in [5.41, 5.74) is 1.16. The number of carbonyl (C=O) groups excluding carboxylic acids is 2. The van der Waals surface area contributed by atoms with Gasteiger partial charge in [0, 0.05) is 25.3 Å². The van der Waals surface area contributed by atoms with Gasteiger partial charge in [-0.25, -0.2) is 4.79 Å². The van der Waals surface area contributed by atoms with Gasteiger partial charge in [-0.3, -0.25) is 9.69 Å². The average molecular weight is 287 g/mol. The second kappa shape index (κ2) is 6.16. The Morgan fingerprint density at radius 2 is 1.95 bits per heavy atom. The molecule has 1 heterocycles. The van der Waals surface area contributed by atoms with Crippen molar-refractivity contribution in [1.29, 1.82) is 0 Å². The van der Waals surface area contributed by atoms with E-state index in [4.69, 9.17) is 0 Å². The molecule has 0 radical (unpaired) electrons. The standard InChI is InChI=1S/C16H21N3O2/c20-15-11-17-16(21)19(15)10-9-18(12-13-5-4-6-13)14-7-2-1-3-8-14/h1-3,7-8,13H,4-6,9-12H2,(H,17,21). The van der Waals surface area contributed by atoms with Gasteiger partial charge >= 0.3 is 6.03 Å². The highest BCUT2D eigenvalue weighted by molar-refractivity contribution is 6.01. The molecule has 3 rings (SSSR count). The van der Waals surface area contributed by atoms with Gasteiger partial charge in [0.05, 0.1) is 6.54 Å². The molecule has 3 amide bonds. The summed E-state index contributed by atoms with van der Waals surface area (Å²) in [6.07, 6.45) is 3.89. The van der Waals surface area contributed by atoms with Crippen LogP contribution in [0.2, 0.25) is 0 Å². The molecule has 0 bridgehead atoms. The van der Waals surface area contributed by atoms with Gasteiger partial charge in [-0.1, -0.05) is 24.6 Å². The van der Waals surface area contributed by atoms with E-state index in [1.54, 1.807) is 0 Å². The molecule has 5 heteroatoms. The third-order valence-electron chi connectivity index (χ3n) is 4.36. The number of rotatable bonds is 6. The molecule has 2 fully saturated rings. The maximum Gasteiger partial charge on any atom is 0.324 e. The van der Waals surface area contributed by atoms with E-state index in [2.05, 4.69) is 22.3 Å². The van der Waals surface area contributed by atoms with Gasteiger partial charge in [-0.15, -0.1) is 0 Å². The number of urea groups is 1. The molecule has 1 N–H and O–H groups in total. The van der Waals surface area contributed by atoms with Crippen LogP contribution in [0.1, 0.15) is 19.3 Å². The Hall–Kier alpha value is -2.04. The highest BCUT2D eigenvalue weighted by Crippen LogP contribution is 2.28. The molecule has 1 aromatic carbocycles. The van der Waals surface area contributed by atoms with Crippen LogP contribution in [0.4, 0.5) is 10.5 Å². The van der Waals surface area contributed by atoms with Crippen LogP contribution in [-0.2, 0) is 4.79 Å². The minimum Gasteiger partial charge on any atom is -0.369 e. The predicted molar refractivity (Wildman–Crippen MR) is 81.1 cm³/mol. The molecule has 1 aliphatic heterocycles. The van der Waals surface area contributed by atoms with Gasteiger partial charge in [0.2, 0.25) is 5.91 Å². The van der Waals surface area contributed by atoms with Crippen molar-refractivity contribution in [2.24, 2.45) is 5.92 Å². The summed E-state index contributed by atoms with van der Waals surface area (Å²) in [7, 11) is 0. The fourth-order valence-electron chi connectivity index (χ4n) is 2.85. The lowest BCUT2D eigenvalue weighted by Crippen LogP contribution is -2.41. The van der Waals surface area contributed by atoms with Crippen LogP contribution in [-0.4, -0.2) is 43.0 Å². The van der Waals surface area contributed by atoms with Gasteiger partial charge in [-0.05, 0) is 30.9 Å². The number of amides is 3. The molecule has 1 saturated heterocycles. The van der Waals surface area contributed by atoms with Crippen LogP contribution in [0.25, 0.3) is 0 Å². The summed E-state index contributed by atoms with van der Waals surface area (Å²) in [4.78, 5) is 26.9. The number of hydrogen-bond acceptors (Lipinski definition) is 3. The molecule has 0 aromatic heterocycles. The molecule has 2 aliphatic rings. The normalized spacial score (nSPS) is 18.6. The second-order valence-electron chi connectivity index (χ2n) is 5.78. The minimum atomic E-state index is -0.267. The summed E-state index contributed by atoms with van der Waals surface area (Å²) < 4.78 is 0. The zero-order valence-electron chi connectivity index (χ0n) is 12.1. The van der Waals surface area contributed by atoms with Crippen LogP contribution >= 0.6 is 0 Å². The van der Waals surface area contributed by atoms with E-state index in [-0.39, 0.29) is 18.5 Å². The SMILES string of the molecule is O=C1CNC(=O)N1CCN(CC1CCC1)c1ccccc1. The third-order valence-corrected chi connectivity index (χ3v) is 4.36. The van der Waals surface area contributed by atoms with Crippen molar-refractivity contribution in [2.75, 3.05) is 31.1 Å². The molecule has 112 valence electrons. The molecule has 0 atom stereocenters. The number of para-hydroxylation sites is 1. The summed E-state index contributed by atoms with van der Waals surface area (Å²) in [6, 6.07) is 9.96. The monoisotopic (exact) mass is 287 g/mol. The number of carbonyl (C=O) groups is 2. The van der Waals surface area contributed by atoms with Crippen LogP contribution in [0, 0.1) is 5.92 Å². The number of anilines is 1. The molecule has 5 nitrogen and oxygen atoms in total. The Morgan fingerprint density at radius 1 is 1.19 bits per heavy atom. The second-order valence-corrected chi connectivity index (χ2v) is 5.78. The van der Waals surface area contributed by atoms with Crippen molar-refractivity contribution in [3.63, 3.8) is 0 Å². The highest BCUT2D eigenvalue weighted by atomic mass is 16.2. The van der Waals surface area contributed by atoms with E-state index in [1.807, 2.05) is 18.2 Å². The quantitative estimate of drug-likeness (QED) is 0.812. The van der Waals surface area contributed by atoms with Crippen LogP contribution in [0.5, 0.6) is 0 Å². The first-order chi connectivity index (χ1) is 10.2. The zero-order chi connectivity index (χ0) is 14.7. The third kappa shape index (κ3) is 3.17. The number of benzene rings is 1. The fourth-order valence-corrected chi connectivity index (χ4v) is 2.85. The van der Waals surface area contributed by atoms with Gasteiger partial charge in [0.1, 0.15) is 0 Å². The van der Waals surface area contributed by atoms with E-state index >= 15 is 0 Å². The van der Waals surface area contributed by atoms with Crippen molar-refractivity contribution < 1.29 is 9.59 Å². The van der Waals surface area contributed by atoms with Crippen molar-refractivity contribution in [3.05, 3.63) is 30.3 Å². The largest absolute Gasteiger partial charge is 0.369 e. The number of imide groups is 1. The molecule has 21 heavy (non-hydrogen) atoms. The number of hydrogen-bond donors (Lipinski definition) is 1. The Morgan fingerprint density at radius 3 is 2.52 bits per heavy atom. The zero-order valence-corrected chi connectivity index (χ0v) is 12.1. The summed E-state index contributed by atoms with van der Waals surface area (Å²) in [6.45, 7) is 2.28. The van der Waals surface area contributed by atoms with E-state index in [0.717, 1.165) is 18.2 Å². The Bertz CT molecular complexity index is 498. The lowest BCUT2D eigenvalue weighted by Gasteiger charge is -2.34. The smallest absolute Gasteiger partial charge is 0.324 e. The van der Waals surface area contributed by atoms with Gasteiger partial charge in [-0.2, -0.15) is 0 Å². The summed E-state index contributed by atoms with van der Waals surface area (Å²) in [5.74, 6) is 0.616. The highest BCUT2D eigenvalue weighted by Gasteiger charge is 2.29. The molecular weight excluding hydrogens is 266 g/mol. The first-order valence-electron chi connectivity index (χ1n) is 7.62. The first kappa shape index (κ1) is 13.9. The predicted octanol–water partition coefficient (Wildman–Crippen LogP) is 1.84.